The van der Waals surface area contributed by atoms with Crippen LogP contribution in [0.3, 0.4) is 0 Å². The van der Waals surface area contributed by atoms with Crippen LogP contribution >= 0.6 is 11.6 Å². The standard InChI is InChI=1S/C13H8ClF3N6O/c1-7-18-5-9(6-19-7)23-11(2-10(22-23)13(15,16)17)24-12-20-3-8(14)4-21-12/h2-6H,1H3. The first-order chi connectivity index (χ1) is 11.3. The van der Waals surface area contributed by atoms with Crippen LogP contribution in [0, 0.1) is 6.92 Å². The summed E-state index contributed by atoms with van der Waals surface area (Å²) in [5.74, 6) is 0.225. The summed E-state index contributed by atoms with van der Waals surface area (Å²) >= 11 is 5.66. The first-order valence-corrected chi connectivity index (χ1v) is 6.82. The highest BCUT2D eigenvalue weighted by molar-refractivity contribution is 6.30. The van der Waals surface area contributed by atoms with Gasteiger partial charge in [-0.3, -0.25) is 0 Å². The summed E-state index contributed by atoms with van der Waals surface area (Å²) in [5, 5.41) is 3.76. The van der Waals surface area contributed by atoms with Gasteiger partial charge in [0.1, 0.15) is 11.5 Å². The van der Waals surface area contributed by atoms with Gasteiger partial charge < -0.3 is 4.74 Å². The van der Waals surface area contributed by atoms with Gasteiger partial charge in [0.05, 0.1) is 29.8 Å². The van der Waals surface area contributed by atoms with Crippen molar-refractivity contribution in [3.8, 4) is 17.6 Å². The monoisotopic (exact) mass is 356 g/mol. The van der Waals surface area contributed by atoms with Gasteiger partial charge in [-0.25, -0.2) is 19.9 Å². The van der Waals surface area contributed by atoms with Gasteiger partial charge in [-0.05, 0) is 6.92 Å². The zero-order chi connectivity index (χ0) is 17.3. The van der Waals surface area contributed by atoms with Crippen molar-refractivity contribution in [1.29, 1.82) is 0 Å². The molecule has 0 saturated heterocycles. The van der Waals surface area contributed by atoms with Crippen molar-refractivity contribution >= 4 is 11.6 Å². The van der Waals surface area contributed by atoms with Gasteiger partial charge in [0.2, 0.25) is 5.88 Å². The summed E-state index contributed by atoms with van der Waals surface area (Å²) in [6.45, 7) is 1.65. The molecule has 3 heterocycles. The average Bonchev–Trinajstić information content (AvgIpc) is 2.94. The third-order valence-corrected chi connectivity index (χ3v) is 2.97. The topological polar surface area (TPSA) is 78.6 Å². The van der Waals surface area contributed by atoms with Gasteiger partial charge >= 0.3 is 12.2 Å². The Bertz CT molecular complexity index is 848. The molecule has 3 rings (SSSR count). The summed E-state index contributed by atoms with van der Waals surface area (Å²) in [7, 11) is 0. The number of hydrogen-bond donors (Lipinski definition) is 0. The Morgan fingerprint density at radius 1 is 1.04 bits per heavy atom. The Morgan fingerprint density at radius 3 is 2.25 bits per heavy atom. The predicted molar refractivity (Wildman–Crippen MR) is 76.0 cm³/mol. The molecule has 3 aromatic rings. The number of alkyl halides is 3. The predicted octanol–water partition coefficient (Wildman–Crippen LogP) is 3.23. The molecule has 3 aromatic heterocycles. The molecule has 0 atom stereocenters. The fraction of sp³-hybridized carbons (Fsp3) is 0.154. The second kappa shape index (κ2) is 6.04. The second-order valence-corrected chi connectivity index (χ2v) is 4.99. The molecule has 0 aromatic carbocycles. The van der Waals surface area contributed by atoms with Crippen molar-refractivity contribution in [2.45, 2.75) is 13.1 Å². The molecule has 7 nitrogen and oxygen atoms in total. The normalized spacial score (nSPS) is 11.5. The Labute approximate surface area is 138 Å². The average molecular weight is 357 g/mol. The lowest BCUT2D eigenvalue weighted by molar-refractivity contribution is -0.141. The molecule has 24 heavy (non-hydrogen) atoms. The Kier molecular flexibility index (Phi) is 4.06. The molecule has 0 amide bonds. The van der Waals surface area contributed by atoms with Crippen LogP contribution in [0.1, 0.15) is 11.5 Å². The fourth-order valence-corrected chi connectivity index (χ4v) is 1.80. The highest BCUT2D eigenvalue weighted by Crippen LogP contribution is 2.33. The molecule has 0 aliphatic heterocycles. The minimum absolute atomic E-state index is 0.178. The molecule has 0 aliphatic carbocycles. The molecule has 0 saturated carbocycles. The van der Waals surface area contributed by atoms with E-state index in [0.29, 0.717) is 5.82 Å². The highest BCUT2D eigenvalue weighted by atomic mass is 35.5. The van der Waals surface area contributed by atoms with E-state index in [1.165, 1.54) is 24.8 Å². The van der Waals surface area contributed by atoms with Crippen LogP contribution in [0.25, 0.3) is 5.69 Å². The maximum absolute atomic E-state index is 12.9. The number of aromatic nitrogens is 6. The maximum atomic E-state index is 12.9. The summed E-state index contributed by atoms with van der Waals surface area (Å²) < 4.78 is 45.0. The number of nitrogens with zero attached hydrogens (tertiary/aromatic N) is 6. The van der Waals surface area contributed by atoms with Crippen molar-refractivity contribution in [2.24, 2.45) is 0 Å². The van der Waals surface area contributed by atoms with Gasteiger partial charge in [-0.1, -0.05) is 11.6 Å². The fourth-order valence-electron chi connectivity index (χ4n) is 1.70. The Hall–Kier alpha value is -2.75. The van der Waals surface area contributed by atoms with E-state index in [9.17, 15) is 13.2 Å². The Balaban J connectivity index is 2.04. The van der Waals surface area contributed by atoms with E-state index in [0.717, 1.165) is 10.7 Å². The lowest BCUT2D eigenvalue weighted by Gasteiger charge is -2.07. The van der Waals surface area contributed by atoms with Crippen molar-refractivity contribution in [3.05, 3.63) is 47.4 Å². The van der Waals surface area contributed by atoms with Crippen molar-refractivity contribution < 1.29 is 17.9 Å². The van der Waals surface area contributed by atoms with Crippen LogP contribution in [-0.2, 0) is 6.18 Å². The number of aryl methyl sites for hydroxylation is 1. The SMILES string of the molecule is Cc1ncc(-n2nc(C(F)(F)F)cc2Oc2ncc(Cl)cn2)cn1. The molecule has 11 heteroatoms. The third-order valence-electron chi connectivity index (χ3n) is 2.77. The quantitative estimate of drug-likeness (QED) is 0.717. The smallest absolute Gasteiger partial charge is 0.405 e. The third kappa shape index (κ3) is 3.43. The summed E-state index contributed by atoms with van der Waals surface area (Å²) in [6, 6.07) is 0.556. The van der Waals surface area contributed by atoms with Crippen molar-refractivity contribution in [1.82, 2.24) is 29.7 Å². The van der Waals surface area contributed by atoms with E-state index in [1.807, 2.05) is 0 Å². The lowest BCUT2D eigenvalue weighted by Crippen LogP contribution is -2.08. The number of ether oxygens (including phenoxy) is 1. The van der Waals surface area contributed by atoms with Crippen LogP contribution in [0.5, 0.6) is 11.9 Å². The second-order valence-electron chi connectivity index (χ2n) is 4.55. The van der Waals surface area contributed by atoms with Crippen molar-refractivity contribution in [2.75, 3.05) is 0 Å². The van der Waals surface area contributed by atoms with Crippen LogP contribution in [0.2, 0.25) is 5.02 Å². The zero-order valence-electron chi connectivity index (χ0n) is 12.0. The molecule has 0 bridgehead atoms. The van der Waals surface area contributed by atoms with Gasteiger partial charge in [0.15, 0.2) is 5.69 Å². The van der Waals surface area contributed by atoms with Crippen LogP contribution in [0.15, 0.2) is 30.9 Å². The van der Waals surface area contributed by atoms with Crippen molar-refractivity contribution in [3.63, 3.8) is 0 Å². The van der Waals surface area contributed by atoms with E-state index in [4.69, 9.17) is 16.3 Å². The van der Waals surface area contributed by atoms with E-state index in [-0.39, 0.29) is 22.6 Å². The molecular weight excluding hydrogens is 349 g/mol. The molecule has 0 fully saturated rings. The molecule has 0 aliphatic rings. The van der Waals surface area contributed by atoms with E-state index in [2.05, 4.69) is 25.0 Å². The number of rotatable bonds is 3. The zero-order valence-corrected chi connectivity index (χ0v) is 12.7. The molecule has 0 N–H and O–H groups in total. The minimum atomic E-state index is -4.64. The Morgan fingerprint density at radius 2 is 1.67 bits per heavy atom. The van der Waals surface area contributed by atoms with Crippen LogP contribution < -0.4 is 4.74 Å². The van der Waals surface area contributed by atoms with E-state index in [1.54, 1.807) is 6.92 Å². The molecule has 124 valence electrons. The van der Waals surface area contributed by atoms with Gasteiger partial charge in [0, 0.05) is 6.07 Å². The lowest BCUT2D eigenvalue weighted by atomic mass is 10.4. The first-order valence-electron chi connectivity index (χ1n) is 6.44. The summed E-state index contributed by atoms with van der Waals surface area (Å²) in [5.41, 5.74) is -0.938. The number of halogens is 4. The molecule has 0 spiro atoms. The van der Waals surface area contributed by atoms with Crippen LogP contribution in [0.4, 0.5) is 13.2 Å². The van der Waals surface area contributed by atoms with Gasteiger partial charge in [-0.2, -0.15) is 23.0 Å². The van der Waals surface area contributed by atoms with Gasteiger partial charge in [-0.15, -0.1) is 0 Å². The molecular formula is C13H8ClF3N6O. The minimum Gasteiger partial charge on any atom is -0.405 e. The summed E-state index contributed by atoms with van der Waals surface area (Å²) in [4.78, 5) is 15.4. The maximum Gasteiger partial charge on any atom is 0.435 e. The van der Waals surface area contributed by atoms with E-state index >= 15 is 0 Å². The van der Waals surface area contributed by atoms with Crippen LogP contribution in [-0.4, -0.2) is 29.7 Å². The van der Waals surface area contributed by atoms with Gasteiger partial charge in [0.25, 0.3) is 0 Å². The summed E-state index contributed by atoms with van der Waals surface area (Å²) in [6.07, 6.45) is 0.514. The largest absolute Gasteiger partial charge is 0.435 e. The first kappa shape index (κ1) is 16.1. The number of hydrogen-bond acceptors (Lipinski definition) is 6. The molecule has 0 unspecified atom stereocenters. The van der Waals surface area contributed by atoms with E-state index < -0.39 is 11.9 Å². The molecule has 0 radical (unpaired) electrons. The highest BCUT2D eigenvalue weighted by Gasteiger charge is 2.36.